The van der Waals surface area contributed by atoms with E-state index >= 15 is 0 Å². The molecule has 7 heteroatoms. The molecule has 0 bridgehead atoms. The highest BCUT2D eigenvalue weighted by molar-refractivity contribution is 5.76. The molecule has 7 nitrogen and oxygen atoms in total. The van der Waals surface area contributed by atoms with E-state index in [-0.39, 0.29) is 18.8 Å². The minimum atomic E-state index is -1.11. The average molecular weight is 234 g/mol. The molecule has 94 valence electrons. The molecule has 0 fully saturated rings. The number of amides is 1. The van der Waals surface area contributed by atoms with Crippen LogP contribution in [0, 0.1) is 0 Å². The van der Waals surface area contributed by atoms with E-state index in [2.05, 4.69) is 4.74 Å². The fourth-order valence-corrected chi connectivity index (χ4v) is 0.624. The summed E-state index contributed by atoms with van der Waals surface area (Å²) in [5, 5.41) is 8.22. The summed E-state index contributed by atoms with van der Waals surface area (Å²) in [4.78, 5) is 30.0. The minimum Gasteiger partial charge on any atom is -0.480 e. The van der Waals surface area contributed by atoms with Crippen molar-refractivity contribution in [1.82, 2.24) is 0 Å². The summed E-state index contributed by atoms with van der Waals surface area (Å²) in [6.07, 6.45) is 0.123. The second kappa shape index (κ2) is 9.91. The summed E-state index contributed by atoms with van der Waals surface area (Å²) in [6, 6.07) is -0.979. The fourth-order valence-electron chi connectivity index (χ4n) is 0.624. The molecular formula is C9H18N2O5. The van der Waals surface area contributed by atoms with Gasteiger partial charge >= 0.3 is 11.9 Å². The van der Waals surface area contributed by atoms with Crippen LogP contribution in [0.4, 0.5) is 0 Å². The van der Waals surface area contributed by atoms with Crippen molar-refractivity contribution in [3.8, 4) is 0 Å². The predicted molar refractivity (Wildman–Crippen MR) is 56.3 cm³/mol. The number of carbonyl (C=O) groups is 3. The molecule has 1 unspecified atom stereocenters. The molecule has 0 aromatic rings. The summed E-state index contributed by atoms with van der Waals surface area (Å²) in [5.74, 6) is -1.85. The molecule has 1 atom stereocenters. The van der Waals surface area contributed by atoms with Gasteiger partial charge in [0.2, 0.25) is 5.91 Å². The van der Waals surface area contributed by atoms with Crippen LogP contribution in [0.1, 0.15) is 26.7 Å². The first-order chi connectivity index (χ1) is 7.31. The molecular weight excluding hydrogens is 216 g/mol. The molecule has 1 amide bonds. The third-order valence-electron chi connectivity index (χ3n) is 1.37. The van der Waals surface area contributed by atoms with Crippen LogP contribution in [0.25, 0.3) is 0 Å². The van der Waals surface area contributed by atoms with Crippen LogP contribution in [0.3, 0.4) is 0 Å². The van der Waals surface area contributed by atoms with Crippen molar-refractivity contribution in [2.24, 2.45) is 11.5 Å². The largest absolute Gasteiger partial charge is 0.480 e. The molecule has 16 heavy (non-hydrogen) atoms. The molecule has 0 spiro atoms. The SMILES string of the molecule is CCOC(C)=O.NC(=O)CCC(N)C(=O)O. The lowest BCUT2D eigenvalue weighted by Gasteiger charge is -2.01. The van der Waals surface area contributed by atoms with Crippen molar-refractivity contribution < 1.29 is 24.2 Å². The van der Waals surface area contributed by atoms with Crippen molar-refractivity contribution in [2.75, 3.05) is 6.61 Å². The minimum absolute atomic E-state index is 0.0213. The second-order valence-electron chi connectivity index (χ2n) is 2.87. The maximum absolute atomic E-state index is 10.1. The number of carboxylic acids is 1. The van der Waals surface area contributed by atoms with Gasteiger partial charge in [-0.15, -0.1) is 0 Å². The Morgan fingerprint density at radius 1 is 1.38 bits per heavy atom. The van der Waals surface area contributed by atoms with Crippen LogP contribution < -0.4 is 11.5 Å². The second-order valence-corrected chi connectivity index (χ2v) is 2.87. The average Bonchev–Trinajstić information content (AvgIpc) is 2.14. The third kappa shape index (κ3) is 14.9. The number of hydrogen-bond donors (Lipinski definition) is 3. The molecule has 0 aromatic carbocycles. The molecule has 0 aliphatic heterocycles. The Bertz CT molecular complexity index is 242. The van der Waals surface area contributed by atoms with E-state index in [1.54, 1.807) is 6.92 Å². The highest BCUT2D eigenvalue weighted by Gasteiger charge is 2.11. The number of ether oxygens (including phenoxy) is 1. The molecule has 5 N–H and O–H groups in total. The number of carbonyl (C=O) groups excluding carboxylic acids is 2. The van der Waals surface area contributed by atoms with Gasteiger partial charge in [0.1, 0.15) is 6.04 Å². The summed E-state index contributed by atoms with van der Waals surface area (Å²) in [6.45, 7) is 3.65. The summed E-state index contributed by atoms with van der Waals surface area (Å²) < 4.78 is 4.40. The van der Waals surface area contributed by atoms with E-state index < -0.39 is 17.9 Å². The molecule has 0 aliphatic carbocycles. The Hall–Kier alpha value is -1.63. The Kier molecular flexibility index (Phi) is 10.4. The standard InChI is InChI=1S/C5H10N2O3.C4H8O2/c6-3(5(9)10)1-2-4(7)8;1-3-6-4(2)5/h3H,1-2,6H2,(H2,7,8)(H,9,10);3H2,1-2H3. The maximum atomic E-state index is 10.1. The Morgan fingerprint density at radius 2 is 1.88 bits per heavy atom. The first kappa shape index (κ1) is 16.8. The van der Waals surface area contributed by atoms with E-state index in [0.29, 0.717) is 6.61 Å². The Morgan fingerprint density at radius 3 is 2.06 bits per heavy atom. The van der Waals surface area contributed by atoms with E-state index in [4.69, 9.17) is 16.6 Å². The Labute approximate surface area is 93.7 Å². The van der Waals surface area contributed by atoms with Crippen LogP contribution in [-0.4, -0.2) is 35.6 Å². The topological polar surface area (TPSA) is 133 Å². The first-order valence-corrected chi connectivity index (χ1v) is 4.71. The fraction of sp³-hybridized carbons (Fsp3) is 0.667. The highest BCUT2D eigenvalue weighted by Crippen LogP contribution is 1.92. The smallest absolute Gasteiger partial charge is 0.320 e. The molecule has 0 aromatic heterocycles. The Balaban J connectivity index is 0. The van der Waals surface area contributed by atoms with E-state index in [9.17, 15) is 14.4 Å². The van der Waals surface area contributed by atoms with Crippen molar-refractivity contribution in [3.63, 3.8) is 0 Å². The van der Waals surface area contributed by atoms with E-state index in [0.717, 1.165) is 0 Å². The van der Waals surface area contributed by atoms with Crippen molar-refractivity contribution in [2.45, 2.75) is 32.7 Å². The molecule has 0 radical (unpaired) electrons. The first-order valence-electron chi connectivity index (χ1n) is 4.71. The quantitative estimate of drug-likeness (QED) is 0.535. The predicted octanol–water partition coefficient (Wildman–Crippen LogP) is -0.767. The van der Waals surface area contributed by atoms with Gasteiger partial charge in [-0.2, -0.15) is 0 Å². The van der Waals surface area contributed by atoms with E-state index in [1.165, 1.54) is 6.92 Å². The normalized spacial score (nSPS) is 10.7. The third-order valence-corrected chi connectivity index (χ3v) is 1.37. The van der Waals surface area contributed by atoms with Gasteiger partial charge in [-0.1, -0.05) is 0 Å². The van der Waals surface area contributed by atoms with Crippen LogP contribution >= 0.6 is 0 Å². The lowest BCUT2D eigenvalue weighted by atomic mass is 10.2. The van der Waals surface area contributed by atoms with Crippen LogP contribution in [0.15, 0.2) is 0 Å². The lowest BCUT2D eigenvalue weighted by Crippen LogP contribution is -2.31. The van der Waals surface area contributed by atoms with Gasteiger partial charge in [-0.3, -0.25) is 14.4 Å². The summed E-state index contributed by atoms with van der Waals surface area (Å²) in [5.41, 5.74) is 9.81. The van der Waals surface area contributed by atoms with Gasteiger partial charge in [0, 0.05) is 13.3 Å². The summed E-state index contributed by atoms with van der Waals surface area (Å²) in [7, 11) is 0. The number of carboxylic acid groups (broad SMARTS) is 1. The highest BCUT2D eigenvalue weighted by atomic mass is 16.5. The monoisotopic (exact) mass is 234 g/mol. The van der Waals surface area contributed by atoms with Gasteiger partial charge in [0.15, 0.2) is 0 Å². The number of hydrogen-bond acceptors (Lipinski definition) is 5. The van der Waals surface area contributed by atoms with Gasteiger partial charge in [-0.05, 0) is 13.3 Å². The number of aliphatic carboxylic acids is 1. The number of primary amides is 1. The lowest BCUT2D eigenvalue weighted by molar-refractivity contribution is -0.140. The van der Waals surface area contributed by atoms with Crippen molar-refractivity contribution >= 4 is 17.8 Å². The van der Waals surface area contributed by atoms with Gasteiger partial charge in [0.25, 0.3) is 0 Å². The number of nitrogens with two attached hydrogens (primary N) is 2. The van der Waals surface area contributed by atoms with Gasteiger partial charge in [-0.25, -0.2) is 0 Å². The number of esters is 1. The zero-order chi connectivity index (χ0) is 13.1. The molecule has 0 saturated heterocycles. The number of rotatable bonds is 5. The maximum Gasteiger partial charge on any atom is 0.320 e. The molecule has 0 saturated carbocycles. The van der Waals surface area contributed by atoms with Crippen LogP contribution in [-0.2, 0) is 19.1 Å². The van der Waals surface area contributed by atoms with Crippen LogP contribution in [0.2, 0.25) is 0 Å². The van der Waals surface area contributed by atoms with Gasteiger partial charge in [0.05, 0.1) is 6.61 Å². The zero-order valence-corrected chi connectivity index (χ0v) is 9.43. The summed E-state index contributed by atoms with van der Waals surface area (Å²) >= 11 is 0. The van der Waals surface area contributed by atoms with Crippen molar-refractivity contribution in [3.05, 3.63) is 0 Å². The van der Waals surface area contributed by atoms with Crippen molar-refractivity contribution in [1.29, 1.82) is 0 Å². The molecule has 0 aliphatic rings. The molecule has 0 heterocycles. The van der Waals surface area contributed by atoms with Gasteiger partial charge < -0.3 is 21.3 Å². The molecule has 0 rings (SSSR count). The van der Waals surface area contributed by atoms with E-state index in [1.807, 2.05) is 0 Å². The van der Waals surface area contributed by atoms with Crippen LogP contribution in [0.5, 0.6) is 0 Å². The zero-order valence-electron chi connectivity index (χ0n) is 9.43.